The third-order valence-electron chi connectivity index (χ3n) is 6.15. The molecule has 2 saturated heterocycles. The number of carbonyl (C=O) groups excluding carboxylic acids is 2. The highest BCUT2D eigenvalue weighted by atomic mass is 35.5. The number of ether oxygens (including phenoxy) is 1. The average Bonchev–Trinajstić information content (AvgIpc) is 2.78. The fraction of sp³-hybridized carbons (Fsp3) is 0.417. The van der Waals surface area contributed by atoms with Crippen LogP contribution in [-0.4, -0.2) is 42.5 Å². The predicted molar refractivity (Wildman–Crippen MR) is 118 cm³/mol. The summed E-state index contributed by atoms with van der Waals surface area (Å²) in [6.45, 7) is 2.83. The molecule has 1 amide bonds. The molecule has 1 N–H and O–H groups in total. The fourth-order valence-electron chi connectivity index (χ4n) is 4.57. The molecule has 158 valence electrons. The molecule has 0 aromatic heterocycles. The van der Waals surface area contributed by atoms with Crippen molar-refractivity contribution in [3.05, 3.63) is 64.7 Å². The molecule has 0 spiro atoms. The maximum absolute atomic E-state index is 12.5. The summed E-state index contributed by atoms with van der Waals surface area (Å²) in [4.78, 5) is 27.4. The van der Waals surface area contributed by atoms with Gasteiger partial charge in [-0.25, -0.2) is 4.79 Å². The van der Waals surface area contributed by atoms with E-state index in [1.165, 1.54) is 38.8 Å². The van der Waals surface area contributed by atoms with Crippen molar-refractivity contribution in [1.29, 1.82) is 0 Å². The van der Waals surface area contributed by atoms with Crippen LogP contribution in [0.3, 0.4) is 0 Å². The highest BCUT2D eigenvalue weighted by Crippen LogP contribution is 2.31. The number of benzene rings is 2. The standard InChI is InChI=1S/C24H27ClN2O3/c25-21-8-2-1-7-20(21)23(28)26-19-12-10-17(11-13-19)24(29)30-16-18-6-5-15-27-14-4-3-9-22(18)27/h1-2,7-8,10-13,18,22H,3-6,9,14-16H2,(H,26,28)/t18-,22-/m1/s1. The summed E-state index contributed by atoms with van der Waals surface area (Å²) in [7, 11) is 0. The molecule has 30 heavy (non-hydrogen) atoms. The Morgan fingerprint density at radius 1 is 1.00 bits per heavy atom. The Balaban J connectivity index is 1.32. The molecule has 0 radical (unpaired) electrons. The number of hydrogen-bond donors (Lipinski definition) is 1. The number of carbonyl (C=O) groups is 2. The Morgan fingerprint density at radius 2 is 1.77 bits per heavy atom. The number of piperidine rings is 2. The van der Waals surface area contributed by atoms with Crippen molar-refractivity contribution < 1.29 is 14.3 Å². The largest absolute Gasteiger partial charge is 0.462 e. The van der Waals surface area contributed by atoms with Crippen molar-refractivity contribution in [3.63, 3.8) is 0 Å². The Labute approximate surface area is 182 Å². The lowest BCUT2D eigenvalue weighted by atomic mass is 9.84. The minimum Gasteiger partial charge on any atom is -0.462 e. The number of rotatable bonds is 5. The molecule has 2 atom stereocenters. The summed E-state index contributed by atoms with van der Waals surface area (Å²) >= 11 is 6.07. The lowest BCUT2D eigenvalue weighted by molar-refractivity contribution is 0.00739. The Kier molecular flexibility index (Phi) is 6.70. The zero-order valence-corrected chi connectivity index (χ0v) is 17.7. The molecule has 2 aromatic carbocycles. The zero-order valence-electron chi connectivity index (χ0n) is 17.0. The molecule has 2 heterocycles. The molecule has 0 aliphatic carbocycles. The lowest BCUT2D eigenvalue weighted by Crippen LogP contribution is -2.49. The van der Waals surface area contributed by atoms with Gasteiger partial charge in [-0.1, -0.05) is 30.2 Å². The number of amides is 1. The van der Waals surface area contributed by atoms with Gasteiger partial charge in [-0.05, 0) is 75.2 Å². The minimum absolute atomic E-state index is 0.287. The van der Waals surface area contributed by atoms with E-state index >= 15 is 0 Å². The molecule has 0 unspecified atom stereocenters. The monoisotopic (exact) mass is 426 g/mol. The van der Waals surface area contributed by atoms with Crippen molar-refractivity contribution >= 4 is 29.2 Å². The van der Waals surface area contributed by atoms with E-state index in [0.29, 0.717) is 40.4 Å². The summed E-state index contributed by atoms with van der Waals surface area (Å²) in [6.07, 6.45) is 6.07. The highest BCUT2D eigenvalue weighted by Gasteiger charge is 2.33. The molecule has 4 rings (SSSR count). The van der Waals surface area contributed by atoms with E-state index in [-0.39, 0.29) is 11.9 Å². The first-order chi connectivity index (χ1) is 14.6. The number of halogens is 1. The predicted octanol–water partition coefficient (Wildman–Crippen LogP) is 5.01. The van der Waals surface area contributed by atoms with Crippen molar-refractivity contribution in [2.24, 2.45) is 5.92 Å². The van der Waals surface area contributed by atoms with Gasteiger partial charge in [0.1, 0.15) is 0 Å². The second-order valence-electron chi connectivity index (χ2n) is 8.11. The van der Waals surface area contributed by atoms with Gasteiger partial charge < -0.3 is 10.1 Å². The van der Waals surface area contributed by atoms with Crippen molar-refractivity contribution in [2.45, 2.75) is 38.1 Å². The normalized spacial score (nSPS) is 21.5. The van der Waals surface area contributed by atoms with E-state index in [0.717, 1.165) is 6.42 Å². The summed E-state index contributed by atoms with van der Waals surface area (Å²) in [6, 6.07) is 14.2. The van der Waals surface area contributed by atoms with Crippen molar-refractivity contribution in [3.8, 4) is 0 Å². The van der Waals surface area contributed by atoms with Crippen LogP contribution in [0.4, 0.5) is 5.69 Å². The smallest absolute Gasteiger partial charge is 0.338 e. The lowest BCUT2D eigenvalue weighted by Gasteiger charge is -2.44. The van der Waals surface area contributed by atoms with Gasteiger partial charge >= 0.3 is 5.97 Å². The molecule has 5 nitrogen and oxygen atoms in total. The fourth-order valence-corrected chi connectivity index (χ4v) is 4.79. The van der Waals surface area contributed by atoms with Crippen LogP contribution in [0.25, 0.3) is 0 Å². The van der Waals surface area contributed by atoms with E-state index in [4.69, 9.17) is 16.3 Å². The van der Waals surface area contributed by atoms with Gasteiger partial charge in [0.15, 0.2) is 0 Å². The summed E-state index contributed by atoms with van der Waals surface area (Å²) in [5.74, 6) is -0.172. The molecular formula is C24H27ClN2O3. The van der Waals surface area contributed by atoms with Crippen LogP contribution in [0.2, 0.25) is 5.02 Å². The Bertz CT molecular complexity index is 898. The van der Waals surface area contributed by atoms with E-state index < -0.39 is 0 Å². The second-order valence-corrected chi connectivity index (χ2v) is 8.52. The van der Waals surface area contributed by atoms with Crippen LogP contribution in [-0.2, 0) is 4.74 Å². The Hall–Kier alpha value is -2.37. The number of hydrogen-bond acceptors (Lipinski definition) is 4. The van der Waals surface area contributed by atoms with E-state index in [1.807, 2.05) is 0 Å². The van der Waals surface area contributed by atoms with Gasteiger partial charge in [-0.2, -0.15) is 0 Å². The van der Waals surface area contributed by atoms with Crippen LogP contribution < -0.4 is 5.32 Å². The molecule has 2 aliphatic rings. The topological polar surface area (TPSA) is 58.6 Å². The average molecular weight is 427 g/mol. The zero-order chi connectivity index (χ0) is 20.9. The van der Waals surface area contributed by atoms with Gasteiger partial charge in [0.25, 0.3) is 5.91 Å². The van der Waals surface area contributed by atoms with Gasteiger partial charge in [0, 0.05) is 17.6 Å². The quantitative estimate of drug-likeness (QED) is 0.682. The maximum Gasteiger partial charge on any atom is 0.338 e. The summed E-state index contributed by atoms with van der Waals surface area (Å²) < 4.78 is 5.65. The SMILES string of the molecule is O=C(OC[C@H]1CCCN2CCCC[C@H]12)c1ccc(NC(=O)c2ccccc2Cl)cc1. The number of esters is 1. The second kappa shape index (κ2) is 9.63. The van der Waals surface area contributed by atoms with Gasteiger partial charge in [-0.3, -0.25) is 9.69 Å². The van der Waals surface area contributed by atoms with Gasteiger partial charge in [0.05, 0.1) is 22.8 Å². The van der Waals surface area contributed by atoms with Crippen LogP contribution >= 0.6 is 11.6 Å². The van der Waals surface area contributed by atoms with E-state index in [9.17, 15) is 9.59 Å². The molecule has 0 saturated carbocycles. The Morgan fingerprint density at radius 3 is 2.57 bits per heavy atom. The number of anilines is 1. The highest BCUT2D eigenvalue weighted by molar-refractivity contribution is 6.34. The maximum atomic E-state index is 12.5. The van der Waals surface area contributed by atoms with E-state index in [1.54, 1.807) is 48.5 Å². The molecule has 6 heteroatoms. The molecule has 0 bridgehead atoms. The van der Waals surface area contributed by atoms with Gasteiger partial charge in [-0.15, -0.1) is 0 Å². The van der Waals surface area contributed by atoms with Crippen molar-refractivity contribution in [2.75, 3.05) is 25.0 Å². The minimum atomic E-state index is -0.313. The molecular weight excluding hydrogens is 400 g/mol. The number of fused-ring (bicyclic) bond motifs is 1. The number of nitrogens with one attached hydrogen (secondary N) is 1. The molecule has 2 aliphatic heterocycles. The first kappa shape index (κ1) is 20.9. The number of nitrogens with zero attached hydrogens (tertiary/aromatic N) is 1. The molecule has 2 fully saturated rings. The first-order valence-corrected chi connectivity index (χ1v) is 11.1. The first-order valence-electron chi connectivity index (χ1n) is 10.7. The van der Waals surface area contributed by atoms with Crippen LogP contribution in [0, 0.1) is 5.92 Å². The third kappa shape index (κ3) is 4.85. The summed E-state index contributed by atoms with van der Waals surface area (Å²) in [5, 5.41) is 3.20. The summed E-state index contributed by atoms with van der Waals surface area (Å²) in [5.41, 5.74) is 1.50. The van der Waals surface area contributed by atoms with Crippen LogP contribution in [0.5, 0.6) is 0 Å². The third-order valence-corrected chi connectivity index (χ3v) is 6.48. The van der Waals surface area contributed by atoms with Crippen LogP contribution in [0.15, 0.2) is 48.5 Å². The van der Waals surface area contributed by atoms with Gasteiger partial charge in [0.2, 0.25) is 0 Å². The van der Waals surface area contributed by atoms with Crippen LogP contribution in [0.1, 0.15) is 52.8 Å². The van der Waals surface area contributed by atoms with E-state index in [2.05, 4.69) is 10.2 Å². The molecule has 2 aromatic rings. The van der Waals surface area contributed by atoms with Crippen molar-refractivity contribution in [1.82, 2.24) is 4.90 Å².